The van der Waals surface area contributed by atoms with Gasteiger partial charge in [0, 0.05) is 18.8 Å². The Labute approximate surface area is 102 Å². The van der Waals surface area contributed by atoms with Gasteiger partial charge in [0.1, 0.15) is 0 Å². The highest BCUT2D eigenvalue weighted by molar-refractivity contribution is 5.55. The molecule has 0 aliphatic carbocycles. The van der Waals surface area contributed by atoms with E-state index in [2.05, 4.69) is 10.3 Å². The summed E-state index contributed by atoms with van der Waals surface area (Å²) in [5, 5.41) is 3.43. The third kappa shape index (κ3) is 3.33. The zero-order valence-corrected chi connectivity index (χ0v) is 10.5. The summed E-state index contributed by atoms with van der Waals surface area (Å²) < 4.78 is 10.8. The second-order valence-electron chi connectivity index (χ2n) is 4.49. The Morgan fingerprint density at radius 2 is 2.47 bits per heavy atom. The Bertz CT molecular complexity index is 362. The van der Waals surface area contributed by atoms with E-state index < -0.39 is 0 Å². The van der Waals surface area contributed by atoms with Crippen LogP contribution in [0.4, 0.5) is 5.69 Å². The summed E-state index contributed by atoms with van der Waals surface area (Å²) >= 11 is 0. The second kappa shape index (κ2) is 5.87. The zero-order valence-electron chi connectivity index (χ0n) is 10.5. The van der Waals surface area contributed by atoms with E-state index in [1.165, 1.54) is 12.8 Å². The molecule has 1 N–H and O–H groups in total. The molecule has 1 aliphatic heterocycles. The molecule has 0 saturated carbocycles. The van der Waals surface area contributed by atoms with E-state index in [4.69, 9.17) is 9.47 Å². The minimum Gasteiger partial charge on any atom is -0.493 e. The summed E-state index contributed by atoms with van der Waals surface area (Å²) in [6.45, 7) is 4.68. The van der Waals surface area contributed by atoms with Gasteiger partial charge in [-0.1, -0.05) is 0 Å². The van der Waals surface area contributed by atoms with Crippen LogP contribution in [0.5, 0.6) is 5.75 Å². The molecule has 17 heavy (non-hydrogen) atoms. The van der Waals surface area contributed by atoms with E-state index >= 15 is 0 Å². The summed E-state index contributed by atoms with van der Waals surface area (Å²) in [6.07, 6.45) is 4.16. The van der Waals surface area contributed by atoms with Crippen LogP contribution in [0, 0.1) is 12.8 Å². The lowest BCUT2D eigenvalue weighted by Gasteiger charge is -2.23. The summed E-state index contributed by atoms with van der Waals surface area (Å²) in [6, 6.07) is 2.02. The smallest absolute Gasteiger partial charge is 0.160 e. The highest BCUT2D eigenvalue weighted by Crippen LogP contribution is 2.24. The lowest BCUT2D eigenvalue weighted by Crippen LogP contribution is -2.24. The number of pyridine rings is 1. The van der Waals surface area contributed by atoms with E-state index in [-0.39, 0.29) is 0 Å². The van der Waals surface area contributed by atoms with Gasteiger partial charge >= 0.3 is 0 Å². The van der Waals surface area contributed by atoms with Crippen molar-refractivity contribution in [2.45, 2.75) is 19.8 Å². The average Bonchev–Trinajstić information content (AvgIpc) is 2.38. The van der Waals surface area contributed by atoms with Crippen LogP contribution in [0.15, 0.2) is 12.3 Å². The van der Waals surface area contributed by atoms with Crippen molar-refractivity contribution in [3.8, 4) is 5.75 Å². The van der Waals surface area contributed by atoms with Crippen LogP contribution in [0.25, 0.3) is 0 Å². The van der Waals surface area contributed by atoms with Crippen molar-refractivity contribution >= 4 is 5.69 Å². The van der Waals surface area contributed by atoms with Crippen molar-refractivity contribution in [3.05, 3.63) is 18.0 Å². The average molecular weight is 236 g/mol. The number of hydrogen-bond donors (Lipinski definition) is 1. The summed E-state index contributed by atoms with van der Waals surface area (Å²) in [4.78, 5) is 4.22. The Balaban J connectivity index is 1.95. The fourth-order valence-corrected chi connectivity index (χ4v) is 2.07. The Morgan fingerprint density at radius 1 is 1.59 bits per heavy atom. The molecule has 1 saturated heterocycles. The molecule has 1 aliphatic rings. The van der Waals surface area contributed by atoms with Gasteiger partial charge in [-0.3, -0.25) is 4.98 Å². The molecule has 0 bridgehead atoms. The highest BCUT2D eigenvalue weighted by Gasteiger charge is 2.14. The zero-order chi connectivity index (χ0) is 12.1. The lowest BCUT2D eigenvalue weighted by molar-refractivity contribution is 0.0595. The number of methoxy groups -OCH3 is 1. The molecule has 4 heteroatoms. The minimum atomic E-state index is 0.599. The van der Waals surface area contributed by atoms with Crippen LogP contribution < -0.4 is 10.1 Å². The quantitative estimate of drug-likeness (QED) is 0.870. The number of nitrogens with zero attached hydrogens (tertiary/aromatic N) is 1. The summed E-state index contributed by atoms with van der Waals surface area (Å²) in [5.74, 6) is 1.40. The van der Waals surface area contributed by atoms with Gasteiger partial charge in [0.15, 0.2) is 5.75 Å². The predicted molar refractivity (Wildman–Crippen MR) is 67.6 cm³/mol. The molecule has 0 aromatic carbocycles. The Morgan fingerprint density at radius 3 is 3.18 bits per heavy atom. The highest BCUT2D eigenvalue weighted by atomic mass is 16.5. The van der Waals surface area contributed by atoms with Gasteiger partial charge in [-0.25, -0.2) is 0 Å². The normalized spacial score (nSPS) is 20.0. The number of anilines is 1. The molecule has 0 radical (unpaired) electrons. The maximum Gasteiger partial charge on any atom is 0.160 e. The molecule has 1 aromatic heterocycles. The van der Waals surface area contributed by atoms with Crippen molar-refractivity contribution in [2.75, 3.05) is 32.2 Å². The molecule has 1 atom stereocenters. The Kier molecular flexibility index (Phi) is 4.20. The van der Waals surface area contributed by atoms with Crippen LogP contribution >= 0.6 is 0 Å². The largest absolute Gasteiger partial charge is 0.493 e. The number of aromatic nitrogens is 1. The Hall–Kier alpha value is -1.29. The number of ether oxygens (including phenoxy) is 2. The van der Waals surface area contributed by atoms with E-state index in [9.17, 15) is 0 Å². The van der Waals surface area contributed by atoms with Gasteiger partial charge in [-0.2, -0.15) is 0 Å². The number of hydrogen-bond acceptors (Lipinski definition) is 4. The third-order valence-electron chi connectivity index (χ3n) is 3.06. The molecule has 2 rings (SSSR count). The van der Waals surface area contributed by atoms with Crippen LogP contribution in [-0.2, 0) is 4.74 Å². The van der Waals surface area contributed by atoms with Gasteiger partial charge in [0.05, 0.1) is 25.6 Å². The van der Waals surface area contributed by atoms with Crippen LogP contribution in [0.1, 0.15) is 18.5 Å². The minimum absolute atomic E-state index is 0.599. The maximum atomic E-state index is 5.47. The summed E-state index contributed by atoms with van der Waals surface area (Å²) in [7, 11) is 1.67. The van der Waals surface area contributed by atoms with Crippen molar-refractivity contribution in [3.63, 3.8) is 0 Å². The van der Waals surface area contributed by atoms with Crippen molar-refractivity contribution < 1.29 is 9.47 Å². The van der Waals surface area contributed by atoms with Gasteiger partial charge < -0.3 is 14.8 Å². The molecule has 0 amide bonds. The maximum absolute atomic E-state index is 5.47. The first-order chi connectivity index (χ1) is 8.29. The molecule has 2 heterocycles. The fraction of sp³-hybridized carbons (Fsp3) is 0.615. The van der Waals surface area contributed by atoms with E-state index in [1.54, 1.807) is 13.3 Å². The first-order valence-electron chi connectivity index (χ1n) is 6.12. The van der Waals surface area contributed by atoms with E-state index in [1.807, 2.05) is 13.0 Å². The van der Waals surface area contributed by atoms with E-state index in [0.29, 0.717) is 5.92 Å². The van der Waals surface area contributed by atoms with Crippen molar-refractivity contribution in [1.29, 1.82) is 0 Å². The number of nitrogens with one attached hydrogen (secondary N) is 1. The second-order valence-corrected chi connectivity index (χ2v) is 4.49. The fourth-order valence-electron chi connectivity index (χ4n) is 2.07. The van der Waals surface area contributed by atoms with Crippen LogP contribution in [-0.4, -0.2) is 31.9 Å². The van der Waals surface area contributed by atoms with Gasteiger partial charge in [0.2, 0.25) is 0 Å². The van der Waals surface area contributed by atoms with Gasteiger partial charge in [-0.15, -0.1) is 0 Å². The van der Waals surface area contributed by atoms with E-state index in [0.717, 1.165) is 36.9 Å². The SMILES string of the molecule is COc1cnc(C)cc1NCC1CCCOC1. The summed E-state index contributed by atoms with van der Waals surface area (Å²) in [5.41, 5.74) is 2.01. The molecule has 1 aromatic rings. The molecule has 4 nitrogen and oxygen atoms in total. The van der Waals surface area contributed by atoms with Gasteiger partial charge in [0.25, 0.3) is 0 Å². The first-order valence-corrected chi connectivity index (χ1v) is 6.12. The first kappa shape index (κ1) is 12.2. The number of rotatable bonds is 4. The molecule has 1 unspecified atom stereocenters. The molecular weight excluding hydrogens is 216 g/mol. The van der Waals surface area contributed by atoms with Crippen molar-refractivity contribution in [2.24, 2.45) is 5.92 Å². The molecule has 1 fully saturated rings. The van der Waals surface area contributed by atoms with Crippen LogP contribution in [0.2, 0.25) is 0 Å². The van der Waals surface area contributed by atoms with Crippen molar-refractivity contribution in [1.82, 2.24) is 4.98 Å². The van der Waals surface area contributed by atoms with Gasteiger partial charge in [-0.05, 0) is 31.7 Å². The molecule has 0 spiro atoms. The molecular formula is C13H20N2O2. The monoisotopic (exact) mass is 236 g/mol. The topological polar surface area (TPSA) is 43.4 Å². The predicted octanol–water partition coefficient (Wildman–Crippen LogP) is 2.24. The van der Waals surface area contributed by atoms with Crippen LogP contribution in [0.3, 0.4) is 0 Å². The third-order valence-corrected chi connectivity index (χ3v) is 3.06. The number of aryl methyl sites for hydroxylation is 1. The standard InChI is InChI=1S/C13H20N2O2/c1-10-6-12(13(16-2)8-14-10)15-7-11-4-3-5-17-9-11/h6,8,11H,3-5,7,9H2,1-2H3,(H,14,15). The lowest BCUT2D eigenvalue weighted by atomic mass is 10.0. The molecule has 94 valence electrons.